The molecule has 4 heteroatoms. The number of aryl methyl sites for hydroxylation is 2. The van der Waals surface area contributed by atoms with Gasteiger partial charge in [-0.1, -0.05) is 17.7 Å². The van der Waals surface area contributed by atoms with E-state index in [1.807, 2.05) is 32.0 Å². The molecule has 0 heterocycles. The van der Waals surface area contributed by atoms with Gasteiger partial charge >= 0.3 is 5.97 Å². The van der Waals surface area contributed by atoms with Crippen LogP contribution in [0.25, 0.3) is 0 Å². The highest BCUT2D eigenvalue weighted by atomic mass is 16.5. The second-order valence-electron chi connectivity index (χ2n) is 4.70. The van der Waals surface area contributed by atoms with Crippen molar-refractivity contribution in [2.24, 2.45) is 5.73 Å². The van der Waals surface area contributed by atoms with Crippen LogP contribution in [0.3, 0.4) is 0 Å². The number of carbonyl (C=O) groups is 1. The van der Waals surface area contributed by atoms with Crippen LogP contribution in [-0.4, -0.2) is 24.7 Å². The van der Waals surface area contributed by atoms with Gasteiger partial charge in [-0.3, -0.25) is 0 Å². The summed E-state index contributed by atoms with van der Waals surface area (Å²) >= 11 is 0. The van der Waals surface area contributed by atoms with Gasteiger partial charge in [-0.2, -0.15) is 0 Å². The molecule has 1 aromatic rings. The van der Waals surface area contributed by atoms with Crippen molar-refractivity contribution < 1.29 is 14.3 Å². The van der Waals surface area contributed by atoms with Crippen LogP contribution in [0, 0.1) is 13.8 Å². The molecule has 0 fully saturated rings. The minimum atomic E-state index is -1.13. The summed E-state index contributed by atoms with van der Waals surface area (Å²) in [7, 11) is 0. The van der Waals surface area contributed by atoms with E-state index < -0.39 is 11.5 Å². The van der Waals surface area contributed by atoms with E-state index >= 15 is 0 Å². The molecular formula is C14H21NO3. The SMILES string of the molecule is CCOC(=O)C(C)(N)COc1ccc(C)cc1C. The van der Waals surface area contributed by atoms with Crippen molar-refractivity contribution in [2.45, 2.75) is 33.2 Å². The van der Waals surface area contributed by atoms with Crippen molar-refractivity contribution in [2.75, 3.05) is 13.2 Å². The molecule has 0 radical (unpaired) electrons. The lowest BCUT2D eigenvalue weighted by molar-refractivity contribution is -0.150. The van der Waals surface area contributed by atoms with E-state index in [1.54, 1.807) is 13.8 Å². The molecule has 100 valence electrons. The Morgan fingerprint density at radius 3 is 2.61 bits per heavy atom. The second kappa shape index (κ2) is 5.87. The fourth-order valence-electron chi connectivity index (χ4n) is 1.54. The quantitative estimate of drug-likeness (QED) is 0.813. The maximum Gasteiger partial charge on any atom is 0.329 e. The van der Waals surface area contributed by atoms with Crippen molar-refractivity contribution in [3.8, 4) is 5.75 Å². The second-order valence-corrected chi connectivity index (χ2v) is 4.70. The largest absolute Gasteiger partial charge is 0.491 e. The predicted molar refractivity (Wildman–Crippen MR) is 70.6 cm³/mol. The predicted octanol–water partition coefficient (Wildman–Crippen LogP) is 1.96. The molecule has 1 atom stereocenters. The molecule has 0 bridgehead atoms. The summed E-state index contributed by atoms with van der Waals surface area (Å²) in [4.78, 5) is 11.6. The monoisotopic (exact) mass is 251 g/mol. The van der Waals surface area contributed by atoms with Crippen LogP contribution < -0.4 is 10.5 Å². The molecule has 0 amide bonds. The molecule has 0 aliphatic rings. The van der Waals surface area contributed by atoms with Gasteiger partial charge < -0.3 is 15.2 Å². The first-order valence-corrected chi connectivity index (χ1v) is 6.03. The van der Waals surface area contributed by atoms with Crippen LogP contribution in [0.2, 0.25) is 0 Å². The highest BCUT2D eigenvalue weighted by molar-refractivity contribution is 5.80. The standard InChI is InChI=1S/C14H21NO3/c1-5-17-13(16)14(4,15)9-18-12-7-6-10(2)8-11(12)3/h6-8H,5,9,15H2,1-4H3. The molecule has 0 saturated carbocycles. The molecule has 1 rings (SSSR count). The average Bonchev–Trinajstić information content (AvgIpc) is 2.28. The highest BCUT2D eigenvalue weighted by Crippen LogP contribution is 2.19. The van der Waals surface area contributed by atoms with Gasteiger partial charge in [0.05, 0.1) is 6.61 Å². The van der Waals surface area contributed by atoms with E-state index in [9.17, 15) is 4.79 Å². The van der Waals surface area contributed by atoms with E-state index in [-0.39, 0.29) is 6.61 Å². The van der Waals surface area contributed by atoms with Gasteiger partial charge in [-0.05, 0) is 39.3 Å². The third kappa shape index (κ3) is 3.74. The normalized spacial score (nSPS) is 13.8. The maximum atomic E-state index is 11.6. The van der Waals surface area contributed by atoms with E-state index in [2.05, 4.69) is 0 Å². The van der Waals surface area contributed by atoms with Gasteiger partial charge in [0.15, 0.2) is 0 Å². The number of hydrogen-bond donors (Lipinski definition) is 1. The topological polar surface area (TPSA) is 61.5 Å². The van der Waals surface area contributed by atoms with Crippen molar-refractivity contribution in [3.05, 3.63) is 29.3 Å². The minimum absolute atomic E-state index is 0.0930. The Kier molecular flexibility index (Phi) is 4.73. The first-order valence-electron chi connectivity index (χ1n) is 6.03. The van der Waals surface area contributed by atoms with Crippen LogP contribution in [0.15, 0.2) is 18.2 Å². The molecule has 18 heavy (non-hydrogen) atoms. The molecule has 0 spiro atoms. The smallest absolute Gasteiger partial charge is 0.329 e. The summed E-state index contributed by atoms with van der Waals surface area (Å²) in [6, 6.07) is 5.86. The lowest BCUT2D eigenvalue weighted by atomic mass is 10.1. The van der Waals surface area contributed by atoms with Gasteiger partial charge in [0.25, 0.3) is 0 Å². The van der Waals surface area contributed by atoms with Gasteiger partial charge in [-0.25, -0.2) is 4.79 Å². The molecular weight excluding hydrogens is 230 g/mol. The molecule has 1 unspecified atom stereocenters. The molecule has 0 aliphatic carbocycles. The summed E-state index contributed by atoms with van der Waals surface area (Å²) in [5.74, 6) is 0.288. The van der Waals surface area contributed by atoms with Crippen molar-refractivity contribution in [3.63, 3.8) is 0 Å². The Morgan fingerprint density at radius 2 is 2.06 bits per heavy atom. The van der Waals surface area contributed by atoms with E-state index in [1.165, 1.54) is 5.56 Å². The summed E-state index contributed by atoms with van der Waals surface area (Å²) in [6.45, 7) is 7.74. The lowest BCUT2D eigenvalue weighted by Gasteiger charge is -2.23. The first kappa shape index (κ1) is 14.5. The zero-order chi connectivity index (χ0) is 13.8. The Hall–Kier alpha value is -1.55. The number of rotatable bonds is 5. The zero-order valence-electron chi connectivity index (χ0n) is 11.4. The summed E-state index contributed by atoms with van der Waals surface area (Å²) < 4.78 is 10.5. The maximum absolute atomic E-state index is 11.6. The molecule has 0 saturated heterocycles. The van der Waals surface area contributed by atoms with Gasteiger partial charge in [-0.15, -0.1) is 0 Å². The average molecular weight is 251 g/mol. The van der Waals surface area contributed by atoms with Gasteiger partial charge in [0.2, 0.25) is 0 Å². The molecule has 2 N–H and O–H groups in total. The van der Waals surface area contributed by atoms with Gasteiger partial charge in [0.1, 0.15) is 17.9 Å². The number of carbonyl (C=O) groups excluding carboxylic acids is 1. The first-order chi connectivity index (χ1) is 8.36. The number of nitrogens with two attached hydrogens (primary N) is 1. The fourth-order valence-corrected chi connectivity index (χ4v) is 1.54. The molecule has 0 aromatic heterocycles. The van der Waals surface area contributed by atoms with Crippen molar-refractivity contribution in [1.29, 1.82) is 0 Å². The van der Waals surface area contributed by atoms with Crippen LogP contribution >= 0.6 is 0 Å². The molecule has 4 nitrogen and oxygen atoms in total. The molecule has 0 aliphatic heterocycles. The highest BCUT2D eigenvalue weighted by Gasteiger charge is 2.31. The third-order valence-corrected chi connectivity index (χ3v) is 2.60. The van der Waals surface area contributed by atoms with E-state index in [0.717, 1.165) is 11.3 Å². The fraction of sp³-hybridized carbons (Fsp3) is 0.500. The Morgan fingerprint density at radius 1 is 1.39 bits per heavy atom. The summed E-state index contributed by atoms with van der Waals surface area (Å²) in [5, 5.41) is 0. The lowest BCUT2D eigenvalue weighted by Crippen LogP contribution is -2.51. The number of esters is 1. The van der Waals surface area contributed by atoms with Crippen LogP contribution in [-0.2, 0) is 9.53 Å². The van der Waals surface area contributed by atoms with Gasteiger partial charge in [0, 0.05) is 0 Å². The van der Waals surface area contributed by atoms with Crippen molar-refractivity contribution in [1.82, 2.24) is 0 Å². The van der Waals surface area contributed by atoms with Crippen LogP contribution in [0.5, 0.6) is 5.75 Å². The number of ether oxygens (including phenoxy) is 2. The van der Waals surface area contributed by atoms with E-state index in [4.69, 9.17) is 15.2 Å². The van der Waals surface area contributed by atoms with Crippen LogP contribution in [0.4, 0.5) is 0 Å². The van der Waals surface area contributed by atoms with Crippen LogP contribution in [0.1, 0.15) is 25.0 Å². The summed E-state index contributed by atoms with van der Waals surface area (Å²) in [6.07, 6.45) is 0. The minimum Gasteiger partial charge on any atom is -0.491 e. The van der Waals surface area contributed by atoms with Crippen molar-refractivity contribution >= 4 is 5.97 Å². The molecule has 1 aromatic carbocycles. The number of benzene rings is 1. The Balaban J connectivity index is 2.66. The third-order valence-electron chi connectivity index (χ3n) is 2.60. The Bertz CT molecular complexity index is 427. The Labute approximate surface area is 108 Å². The number of hydrogen-bond acceptors (Lipinski definition) is 4. The summed E-state index contributed by atoms with van der Waals surface area (Å²) in [5.41, 5.74) is 6.93. The van der Waals surface area contributed by atoms with E-state index in [0.29, 0.717) is 6.61 Å². The zero-order valence-corrected chi connectivity index (χ0v) is 11.4.